The molecule has 0 N–H and O–H groups in total. The van der Waals surface area contributed by atoms with E-state index >= 15 is 0 Å². The van der Waals surface area contributed by atoms with Gasteiger partial charge in [-0.2, -0.15) is 4.31 Å². The second-order valence-corrected chi connectivity index (χ2v) is 7.81. The number of benzene rings is 1. The fourth-order valence-corrected chi connectivity index (χ4v) is 3.17. The van der Waals surface area contributed by atoms with Crippen molar-refractivity contribution in [2.45, 2.75) is 51.7 Å². The first-order valence-corrected chi connectivity index (χ1v) is 8.55. The lowest BCUT2D eigenvalue weighted by Crippen LogP contribution is -2.41. The molecular weight excluding hydrogens is 340 g/mol. The molecule has 8 heteroatoms. The minimum Gasteiger partial charge on any atom is -0.443 e. The van der Waals surface area contributed by atoms with Gasteiger partial charge in [0.15, 0.2) is 0 Å². The highest BCUT2D eigenvalue weighted by atomic mass is 32.2. The van der Waals surface area contributed by atoms with Crippen LogP contribution in [-0.4, -0.2) is 32.9 Å². The Bertz CT molecular complexity index is 622. The Labute approximate surface area is 142 Å². The molecule has 0 bridgehead atoms. The highest BCUT2D eigenvalue weighted by molar-refractivity contribution is 7.78. The van der Waals surface area contributed by atoms with Gasteiger partial charge < -0.3 is 4.74 Å². The van der Waals surface area contributed by atoms with E-state index < -0.39 is 34.9 Å². The molecule has 1 fully saturated rings. The van der Waals surface area contributed by atoms with Crippen LogP contribution in [0.3, 0.4) is 0 Å². The Balaban J connectivity index is 2.10. The van der Waals surface area contributed by atoms with Crippen LogP contribution in [0.15, 0.2) is 24.3 Å². The van der Waals surface area contributed by atoms with E-state index in [0.29, 0.717) is 6.42 Å². The van der Waals surface area contributed by atoms with Crippen molar-refractivity contribution in [3.8, 4) is 0 Å². The first-order chi connectivity index (χ1) is 11.0. The van der Waals surface area contributed by atoms with Crippen molar-refractivity contribution in [3.63, 3.8) is 0 Å². The van der Waals surface area contributed by atoms with Crippen LogP contribution in [0.4, 0.5) is 13.6 Å². The highest BCUT2D eigenvalue weighted by Crippen LogP contribution is 2.28. The zero-order valence-corrected chi connectivity index (χ0v) is 14.9. The van der Waals surface area contributed by atoms with Crippen LogP contribution < -0.4 is 0 Å². The zero-order chi connectivity index (χ0) is 18.1. The van der Waals surface area contributed by atoms with E-state index in [1.807, 2.05) is 0 Å². The molecule has 0 spiro atoms. The van der Waals surface area contributed by atoms with Crippen molar-refractivity contribution in [2.75, 3.05) is 6.61 Å². The molecule has 1 aliphatic heterocycles. The molecule has 2 atom stereocenters. The number of alkyl halides is 2. The second-order valence-electron chi connectivity index (χ2n) is 6.75. The monoisotopic (exact) mass is 361 g/mol. The summed E-state index contributed by atoms with van der Waals surface area (Å²) in [6, 6.07) is 5.36. The lowest BCUT2D eigenvalue weighted by Gasteiger charge is -2.25. The van der Waals surface area contributed by atoms with E-state index in [-0.39, 0.29) is 12.2 Å². The van der Waals surface area contributed by atoms with Crippen molar-refractivity contribution < 1.29 is 26.7 Å². The molecule has 0 saturated carbocycles. The average molecular weight is 361 g/mol. The fourth-order valence-electron chi connectivity index (χ4n) is 2.25. The van der Waals surface area contributed by atoms with Crippen molar-refractivity contribution in [1.29, 1.82) is 0 Å². The lowest BCUT2D eigenvalue weighted by atomic mass is 10.0. The van der Waals surface area contributed by atoms with Crippen molar-refractivity contribution in [2.24, 2.45) is 0 Å². The molecule has 0 aromatic heterocycles. The number of hydrogen-bond acceptors (Lipinski definition) is 4. The third-order valence-corrected chi connectivity index (χ3v) is 4.47. The third-order valence-electron chi connectivity index (χ3n) is 3.36. The van der Waals surface area contributed by atoms with Crippen molar-refractivity contribution >= 4 is 17.4 Å². The molecule has 134 valence electrons. The summed E-state index contributed by atoms with van der Waals surface area (Å²) in [7, 11) is 0. The minimum absolute atomic E-state index is 0.0819. The summed E-state index contributed by atoms with van der Waals surface area (Å²) in [5, 5.41) is 0. The van der Waals surface area contributed by atoms with E-state index in [1.165, 1.54) is 12.1 Å². The van der Waals surface area contributed by atoms with Gasteiger partial charge in [-0.25, -0.2) is 17.8 Å². The van der Waals surface area contributed by atoms with E-state index in [9.17, 15) is 17.8 Å². The number of carbonyl (C=O) groups excluding carboxylic acids is 1. The summed E-state index contributed by atoms with van der Waals surface area (Å²) in [6.45, 7) is 6.06. The first kappa shape index (κ1) is 18.8. The first-order valence-electron chi connectivity index (χ1n) is 7.52. The maximum Gasteiger partial charge on any atom is 0.424 e. The second kappa shape index (κ2) is 6.76. The number of hydrogen-bond donors (Lipinski definition) is 0. The molecule has 0 radical (unpaired) electrons. The van der Waals surface area contributed by atoms with Crippen molar-refractivity contribution in [3.05, 3.63) is 35.4 Å². The third kappa shape index (κ3) is 4.73. The summed E-state index contributed by atoms with van der Waals surface area (Å²) in [4.78, 5) is 12.2. The number of rotatable bonds is 3. The van der Waals surface area contributed by atoms with Gasteiger partial charge >= 0.3 is 6.09 Å². The van der Waals surface area contributed by atoms with Gasteiger partial charge in [-0.1, -0.05) is 24.3 Å². The quantitative estimate of drug-likeness (QED) is 0.826. The zero-order valence-electron chi connectivity index (χ0n) is 14.0. The molecular formula is C16H21F2NO4S. The molecule has 2 rings (SSSR count). The van der Waals surface area contributed by atoms with Crippen molar-refractivity contribution in [1.82, 2.24) is 4.31 Å². The maximum atomic E-state index is 13.2. The molecule has 1 aromatic carbocycles. The van der Waals surface area contributed by atoms with Gasteiger partial charge in [0, 0.05) is 12.5 Å². The highest BCUT2D eigenvalue weighted by Gasteiger charge is 2.39. The van der Waals surface area contributed by atoms with Gasteiger partial charge in [-0.05, 0) is 32.8 Å². The van der Waals surface area contributed by atoms with E-state index in [4.69, 9.17) is 8.92 Å². The maximum absolute atomic E-state index is 13.2. The predicted octanol–water partition coefficient (Wildman–Crippen LogP) is 3.56. The minimum atomic E-state index is -2.90. The fraction of sp³-hybridized carbons (Fsp3) is 0.562. The average Bonchev–Trinajstić information content (AvgIpc) is 2.77. The van der Waals surface area contributed by atoms with Gasteiger partial charge in [0.05, 0.1) is 12.6 Å². The van der Waals surface area contributed by atoms with Crippen LogP contribution in [0.5, 0.6) is 0 Å². The Morgan fingerprint density at radius 1 is 1.29 bits per heavy atom. The van der Waals surface area contributed by atoms with Gasteiger partial charge in [0.25, 0.3) is 17.2 Å². The number of nitrogens with zero attached hydrogens (tertiary/aromatic N) is 1. The summed E-state index contributed by atoms with van der Waals surface area (Å²) in [5.74, 6) is -2.90. The molecule has 1 saturated heterocycles. The normalized spacial score (nSPS) is 21.8. The molecule has 24 heavy (non-hydrogen) atoms. The van der Waals surface area contributed by atoms with Crippen LogP contribution in [-0.2, 0) is 32.5 Å². The van der Waals surface area contributed by atoms with Gasteiger partial charge in [-0.3, -0.25) is 4.18 Å². The SMILES string of the molecule is CC(C)(C)OC(=O)N1[C@@H](Cc2ccc(C(C)(F)F)cc2)COS1=O. The number of halogens is 2. The largest absolute Gasteiger partial charge is 0.443 e. The van der Waals surface area contributed by atoms with Crippen LogP contribution in [0.2, 0.25) is 0 Å². The Morgan fingerprint density at radius 2 is 1.88 bits per heavy atom. The molecule has 1 heterocycles. The van der Waals surface area contributed by atoms with Crippen LogP contribution in [0.25, 0.3) is 0 Å². The summed E-state index contributed by atoms with van der Waals surface area (Å²) < 4.78 is 49.7. The summed E-state index contributed by atoms with van der Waals surface area (Å²) >= 11 is -1.91. The Morgan fingerprint density at radius 3 is 2.38 bits per heavy atom. The molecule has 5 nitrogen and oxygen atoms in total. The Kier molecular flexibility index (Phi) is 5.29. The number of carbonyl (C=O) groups is 1. The molecule has 0 aliphatic carbocycles. The van der Waals surface area contributed by atoms with Crippen LogP contribution in [0.1, 0.15) is 38.8 Å². The van der Waals surface area contributed by atoms with E-state index in [2.05, 4.69) is 0 Å². The van der Waals surface area contributed by atoms with Crippen LogP contribution in [0, 0.1) is 0 Å². The Hall–Kier alpha value is -1.54. The lowest BCUT2D eigenvalue weighted by molar-refractivity contribution is 0.0174. The predicted molar refractivity (Wildman–Crippen MR) is 85.7 cm³/mol. The molecule has 1 aromatic rings. The topological polar surface area (TPSA) is 55.8 Å². The summed E-state index contributed by atoms with van der Waals surface area (Å²) in [5.41, 5.74) is -0.0615. The van der Waals surface area contributed by atoms with E-state index in [0.717, 1.165) is 16.8 Å². The van der Waals surface area contributed by atoms with E-state index in [1.54, 1.807) is 32.9 Å². The standard InChI is InChI=1S/C16H21F2NO4S/c1-15(2,3)23-14(20)19-13(10-22-24(19)21)9-11-5-7-12(8-6-11)16(4,17)18/h5-8,13H,9-10H2,1-4H3/t13-,24?/m0/s1. The van der Waals surface area contributed by atoms with Gasteiger partial charge in [0.2, 0.25) is 0 Å². The molecule has 1 aliphatic rings. The van der Waals surface area contributed by atoms with Crippen LogP contribution >= 0.6 is 0 Å². The van der Waals surface area contributed by atoms with Gasteiger partial charge in [0.1, 0.15) is 5.60 Å². The number of ether oxygens (including phenoxy) is 1. The number of amides is 1. The molecule has 1 amide bonds. The smallest absolute Gasteiger partial charge is 0.424 e. The molecule has 1 unspecified atom stereocenters. The summed E-state index contributed by atoms with van der Waals surface area (Å²) in [6.07, 6.45) is -0.388. The van der Waals surface area contributed by atoms with Gasteiger partial charge in [-0.15, -0.1) is 0 Å².